The molecule has 0 saturated carbocycles. The first-order chi connectivity index (χ1) is 13.7. The van der Waals surface area contributed by atoms with Crippen molar-refractivity contribution >= 4 is 5.69 Å². The topological polar surface area (TPSA) is 54.2 Å². The second-order valence-electron chi connectivity index (χ2n) is 7.60. The van der Waals surface area contributed by atoms with Crippen molar-refractivity contribution < 1.29 is 5.11 Å². The van der Waals surface area contributed by atoms with Crippen LogP contribution in [0.25, 0.3) is 0 Å². The minimum atomic E-state index is 0.0533. The molecule has 0 amide bonds. The van der Waals surface area contributed by atoms with E-state index in [0.29, 0.717) is 12.6 Å². The number of hydrogen-bond acceptors (Lipinski definition) is 4. The summed E-state index contributed by atoms with van der Waals surface area (Å²) in [5.74, 6) is 1.97. The predicted molar refractivity (Wildman–Crippen MR) is 111 cm³/mol. The van der Waals surface area contributed by atoms with Crippen molar-refractivity contribution in [1.29, 1.82) is 0 Å². The Kier molecular flexibility index (Phi) is 5.44. The lowest BCUT2D eigenvalue weighted by atomic mass is 10.1. The Labute approximate surface area is 166 Å². The first-order valence-corrected chi connectivity index (χ1v) is 10.1. The van der Waals surface area contributed by atoms with Gasteiger partial charge in [-0.1, -0.05) is 43.3 Å². The normalized spacial score (nSPS) is 13.7. The number of fused-ring (bicyclic) bond motifs is 1. The molecule has 5 heteroatoms. The maximum Gasteiger partial charge on any atom is 0.152 e. The van der Waals surface area contributed by atoms with E-state index in [0.717, 1.165) is 48.7 Å². The smallest absolute Gasteiger partial charge is 0.152 e. The maximum atomic E-state index is 9.61. The van der Waals surface area contributed by atoms with E-state index in [1.165, 1.54) is 11.1 Å². The molecule has 1 aliphatic carbocycles. The van der Waals surface area contributed by atoms with E-state index in [-0.39, 0.29) is 6.61 Å². The summed E-state index contributed by atoms with van der Waals surface area (Å²) in [6, 6.07) is 17.3. The van der Waals surface area contributed by atoms with Crippen molar-refractivity contribution in [3.05, 3.63) is 76.9 Å². The average molecular weight is 377 g/mol. The van der Waals surface area contributed by atoms with E-state index in [1.54, 1.807) is 0 Å². The third-order valence-electron chi connectivity index (χ3n) is 5.67. The van der Waals surface area contributed by atoms with Gasteiger partial charge in [0.05, 0.1) is 13.2 Å². The highest BCUT2D eigenvalue weighted by Gasteiger charge is 2.28. The van der Waals surface area contributed by atoms with Crippen LogP contribution in [0.15, 0.2) is 48.5 Å². The second-order valence-corrected chi connectivity index (χ2v) is 7.60. The molecule has 146 valence electrons. The van der Waals surface area contributed by atoms with Crippen LogP contribution in [0.5, 0.6) is 0 Å². The van der Waals surface area contributed by atoms with Gasteiger partial charge >= 0.3 is 0 Å². The molecule has 3 aromatic rings. The van der Waals surface area contributed by atoms with Gasteiger partial charge in [0.1, 0.15) is 5.82 Å². The van der Waals surface area contributed by atoms with Crippen LogP contribution in [0.2, 0.25) is 0 Å². The lowest BCUT2D eigenvalue weighted by Gasteiger charge is -2.31. The zero-order valence-corrected chi connectivity index (χ0v) is 16.7. The molecule has 1 aromatic heterocycles. The molecule has 0 spiro atoms. The highest BCUT2D eigenvalue weighted by molar-refractivity contribution is 5.51. The minimum absolute atomic E-state index is 0.0533. The van der Waals surface area contributed by atoms with Crippen LogP contribution >= 0.6 is 0 Å². The molecule has 28 heavy (non-hydrogen) atoms. The summed E-state index contributed by atoms with van der Waals surface area (Å²) in [6.45, 7) is 5.91. The summed E-state index contributed by atoms with van der Waals surface area (Å²) in [4.78, 5) is 2.44. The van der Waals surface area contributed by atoms with Crippen molar-refractivity contribution in [3.8, 4) is 0 Å². The Morgan fingerprint density at radius 2 is 1.82 bits per heavy atom. The van der Waals surface area contributed by atoms with Crippen LogP contribution < -0.4 is 4.90 Å². The highest BCUT2D eigenvalue weighted by Crippen LogP contribution is 2.30. The van der Waals surface area contributed by atoms with E-state index in [1.807, 2.05) is 19.1 Å². The van der Waals surface area contributed by atoms with Gasteiger partial charge in [-0.15, -0.1) is 10.2 Å². The van der Waals surface area contributed by atoms with Gasteiger partial charge in [0.25, 0.3) is 0 Å². The van der Waals surface area contributed by atoms with E-state index >= 15 is 0 Å². The number of anilines is 1. The predicted octanol–water partition coefficient (Wildman–Crippen LogP) is 3.66. The first kappa shape index (κ1) is 18.7. The van der Waals surface area contributed by atoms with Gasteiger partial charge in [-0.3, -0.25) is 0 Å². The molecule has 2 aromatic carbocycles. The third-order valence-corrected chi connectivity index (χ3v) is 5.67. The molecule has 5 nitrogen and oxygen atoms in total. The van der Waals surface area contributed by atoms with Crippen molar-refractivity contribution in [2.24, 2.45) is 0 Å². The molecule has 0 aliphatic heterocycles. The van der Waals surface area contributed by atoms with Crippen LogP contribution in [-0.4, -0.2) is 25.9 Å². The molecule has 0 unspecified atom stereocenters. The van der Waals surface area contributed by atoms with Crippen molar-refractivity contribution in [2.45, 2.75) is 58.8 Å². The number of aliphatic hydroxyl groups excluding tert-OH is 1. The summed E-state index contributed by atoms with van der Waals surface area (Å²) < 4.78 is 2.23. The zero-order chi connectivity index (χ0) is 19.5. The van der Waals surface area contributed by atoms with Gasteiger partial charge in [0, 0.05) is 18.3 Å². The maximum absolute atomic E-state index is 9.61. The van der Waals surface area contributed by atoms with Crippen LogP contribution in [0.3, 0.4) is 0 Å². The molecule has 0 atom stereocenters. The van der Waals surface area contributed by atoms with Crippen LogP contribution in [0.4, 0.5) is 5.69 Å². The molecular weight excluding hydrogens is 348 g/mol. The Hall–Kier alpha value is -2.66. The Morgan fingerprint density at radius 1 is 1.07 bits per heavy atom. The number of aryl methyl sites for hydroxylation is 1. The van der Waals surface area contributed by atoms with Gasteiger partial charge in [0.15, 0.2) is 5.82 Å². The zero-order valence-electron chi connectivity index (χ0n) is 16.7. The van der Waals surface area contributed by atoms with Crippen LogP contribution in [0.1, 0.15) is 41.7 Å². The van der Waals surface area contributed by atoms with Gasteiger partial charge in [0.2, 0.25) is 0 Å². The van der Waals surface area contributed by atoms with E-state index in [9.17, 15) is 5.11 Å². The van der Waals surface area contributed by atoms with Gasteiger partial charge < -0.3 is 14.6 Å². The molecule has 4 rings (SSSR count). The van der Waals surface area contributed by atoms with E-state index < -0.39 is 0 Å². The van der Waals surface area contributed by atoms with Gasteiger partial charge in [-0.2, -0.15) is 0 Å². The number of benzene rings is 2. The summed E-state index contributed by atoms with van der Waals surface area (Å²) >= 11 is 0. The first-order valence-electron chi connectivity index (χ1n) is 10.1. The second kappa shape index (κ2) is 8.15. The molecular formula is C23H28N4O. The summed E-state index contributed by atoms with van der Waals surface area (Å²) in [7, 11) is 0. The van der Waals surface area contributed by atoms with E-state index in [4.69, 9.17) is 0 Å². The fraction of sp³-hybridized carbons (Fsp3) is 0.391. The Morgan fingerprint density at radius 3 is 2.50 bits per heavy atom. The molecule has 1 N–H and O–H groups in total. The number of hydrogen-bond donors (Lipinski definition) is 1. The quantitative estimate of drug-likeness (QED) is 0.684. The van der Waals surface area contributed by atoms with Crippen molar-refractivity contribution in [3.63, 3.8) is 0 Å². The van der Waals surface area contributed by atoms with E-state index in [2.05, 4.69) is 63.0 Å². The van der Waals surface area contributed by atoms with Crippen LogP contribution in [0, 0.1) is 6.92 Å². The lowest BCUT2D eigenvalue weighted by molar-refractivity contribution is 0.282. The number of aromatic nitrogens is 3. The molecule has 1 aliphatic rings. The highest BCUT2D eigenvalue weighted by atomic mass is 16.3. The molecule has 0 fully saturated rings. The Bertz CT molecular complexity index is 924. The number of rotatable bonds is 7. The molecule has 0 saturated heterocycles. The van der Waals surface area contributed by atoms with Crippen molar-refractivity contribution in [1.82, 2.24) is 14.8 Å². The van der Waals surface area contributed by atoms with Crippen molar-refractivity contribution in [2.75, 3.05) is 4.90 Å². The molecule has 0 radical (unpaired) electrons. The Balaban J connectivity index is 1.68. The molecule has 0 bridgehead atoms. The summed E-state index contributed by atoms with van der Waals surface area (Å²) in [6.07, 6.45) is 3.11. The minimum Gasteiger partial charge on any atom is -0.392 e. The van der Waals surface area contributed by atoms with Gasteiger partial charge in [-0.05, 0) is 55.0 Å². The lowest BCUT2D eigenvalue weighted by Crippen LogP contribution is -2.36. The van der Waals surface area contributed by atoms with Crippen LogP contribution in [-0.2, 0) is 32.5 Å². The largest absolute Gasteiger partial charge is 0.392 e. The average Bonchev–Trinajstić information content (AvgIpc) is 3.30. The molecule has 1 heterocycles. The monoisotopic (exact) mass is 376 g/mol. The van der Waals surface area contributed by atoms with Gasteiger partial charge in [-0.25, -0.2) is 0 Å². The summed E-state index contributed by atoms with van der Waals surface area (Å²) in [5, 5.41) is 18.4. The number of aliphatic hydroxyl groups is 1. The number of nitrogens with zero attached hydrogens (tertiary/aromatic N) is 4. The third kappa shape index (κ3) is 3.67. The fourth-order valence-electron chi connectivity index (χ4n) is 4.23. The standard InChI is InChI=1S/C23H28N4O/c1-3-11-26-17(2)24-25-23(26)15-27(21-10-6-7-18(12-21)16-28)22-13-19-8-4-5-9-20(19)14-22/h4-10,12,22,28H,3,11,13-16H2,1-2H3. The summed E-state index contributed by atoms with van der Waals surface area (Å²) in [5.41, 5.74) is 4.93. The fourth-order valence-corrected chi connectivity index (χ4v) is 4.23. The SMILES string of the molecule is CCCn1c(C)nnc1CN(c1cccc(CO)c1)C1Cc2ccccc2C1.